The van der Waals surface area contributed by atoms with E-state index < -0.39 is 0 Å². The van der Waals surface area contributed by atoms with Crippen LogP contribution in [0.15, 0.2) is 10.2 Å². The number of nitrogens with zero attached hydrogens (tertiary/aromatic N) is 1. The van der Waals surface area contributed by atoms with E-state index in [0.717, 1.165) is 31.7 Å². The van der Waals surface area contributed by atoms with E-state index in [1.54, 1.807) is 0 Å². The third-order valence-electron chi connectivity index (χ3n) is 3.72. The molecule has 2 N–H and O–H groups in total. The molecule has 1 aliphatic rings. The van der Waals surface area contributed by atoms with Crippen molar-refractivity contribution in [1.82, 2.24) is 15.2 Å². The first kappa shape index (κ1) is 12.8. The highest BCUT2D eigenvalue weighted by molar-refractivity contribution is 7.07. The van der Waals surface area contributed by atoms with E-state index in [2.05, 4.69) is 36.0 Å². The minimum absolute atomic E-state index is 0.0426. The Hall–Kier alpha value is -0.650. The quantitative estimate of drug-likeness (QED) is 0.858. The summed E-state index contributed by atoms with van der Waals surface area (Å²) in [6, 6.07) is 0.512. The van der Waals surface area contributed by atoms with Gasteiger partial charge in [0.05, 0.1) is 0 Å². The molecule has 2 atom stereocenters. The van der Waals surface area contributed by atoms with Gasteiger partial charge in [-0.2, -0.15) is 0 Å². The fourth-order valence-electron chi connectivity index (χ4n) is 2.24. The molecule has 2 unspecified atom stereocenters. The molecule has 0 saturated carbocycles. The predicted molar refractivity (Wildman–Crippen MR) is 71.5 cm³/mol. The van der Waals surface area contributed by atoms with Crippen molar-refractivity contribution in [2.45, 2.75) is 45.3 Å². The van der Waals surface area contributed by atoms with Crippen LogP contribution in [0, 0.1) is 0 Å². The summed E-state index contributed by atoms with van der Waals surface area (Å²) in [5.74, 6) is 0. The molecular formula is C12H21N3OS. The van der Waals surface area contributed by atoms with Gasteiger partial charge in [0.15, 0.2) is 0 Å². The molecule has 0 bridgehead atoms. The maximum absolute atomic E-state index is 11.1. The summed E-state index contributed by atoms with van der Waals surface area (Å²) in [4.78, 5) is 16.5. The van der Waals surface area contributed by atoms with Crippen LogP contribution in [-0.4, -0.2) is 34.6 Å². The molecule has 0 radical (unpaired) electrons. The van der Waals surface area contributed by atoms with Crippen molar-refractivity contribution in [2.24, 2.45) is 0 Å². The van der Waals surface area contributed by atoms with Crippen molar-refractivity contribution in [3.63, 3.8) is 0 Å². The van der Waals surface area contributed by atoms with E-state index in [0.29, 0.717) is 6.04 Å². The number of rotatable bonds is 3. The first-order valence-electron chi connectivity index (χ1n) is 6.18. The van der Waals surface area contributed by atoms with Crippen LogP contribution in [0.3, 0.4) is 0 Å². The van der Waals surface area contributed by atoms with Crippen molar-refractivity contribution in [3.8, 4) is 0 Å². The first-order valence-corrected chi connectivity index (χ1v) is 7.06. The molecule has 0 aliphatic carbocycles. The molecule has 4 nitrogen and oxygen atoms in total. The van der Waals surface area contributed by atoms with Gasteiger partial charge in [-0.1, -0.05) is 18.3 Å². The van der Waals surface area contributed by atoms with Crippen LogP contribution in [0.1, 0.15) is 32.9 Å². The number of hydrogen-bond donors (Lipinski definition) is 2. The number of hydrogen-bond acceptors (Lipinski definition) is 4. The van der Waals surface area contributed by atoms with E-state index in [1.165, 1.54) is 11.3 Å². The number of piperazine rings is 1. The Bertz CT molecular complexity index is 427. The smallest absolute Gasteiger partial charge is 0.304 e. The minimum Gasteiger partial charge on any atom is -0.315 e. The van der Waals surface area contributed by atoms with E-state index in [-0.39, 0.29) is 10.4 Å². The van der Waals surface area contributed by atoms with Gasteiger partial charge in [0.1, 0.15) is 0 Å². The lowest BCUT2D eigenvalue weighted by molar-refractivity contribution is 0.0856. The Kier molecular flexibility index (Phi) is 3.70. The van der Waals surface area contributed by atoms with Gasteiger partial charge in [-0.15, -0.1) is 0 Å². The number of aromatic amines is 1. The summed E-state index contributed by atoms with van der Waals surface area (Å²) in [5, 5.41) is 5.54. The zero-order valence-electron chi connectivity index (χ0n) is 10.7. The highest BCUT2D eigenvalue weighted by atomic mass is 32.1. The molecule has 1 aromatic heterocycles. The summed E-state index contributed by atoms with van der Waals surface area (Å²) in [6.07, 6.45) is 1.12. The van der Waals surface area contributed by atoms with Crippen LogP contribution in [0.2, 0.25) is 0 Å². The Morgan fingerprint density at radius 1 is 1.65 bits per heavy atom. The standard InChI is InChI=1S/C12H21N3OS/c1-4-12(3)8-15(9(2)5-13-12)6-10-7-17-11(16)14-10/h7,9,13H,4-6,8H2,1-3H3,(H,14,16). The zero-order valence-corrected chi connectivity index (χ0v) is 11.6. The molecule has 1 saturated heterocycles. The van der Waals surface area contributed by atoms with Gasteiger partial charge in [0, 0.05) is 42.3 Å². The van der Waals surface area contributed by atoms with E-state index in [1.807, 2.05) is 5.38 Å². The SMILES string of the molecule is CCC1(C)CN(Cc2csc(=O)[nH]2)C(C)CN1. The monoisotopic (exact) mass is 255 g/mol. The van der Waals surface area contributed by atoms with Gasteiger partial charge in [-0.25, -0.2) is 0 Å². The lowest BCUT2D eigenvalue weighted by Crippen LogP contribution is -2.61. The van der Waals surface area contributed by atoms with Crippen LogP contribution in [0.4, 0.5) is 0 Å². The van der Waals surface area contributed by atoms with Crippen molar-refractivity contribution < 1.29 is 0 Å². The summed E-state index contributed by atoms with van der Waals surface area (Å²) >= 11 is 1.25. The summed E-state index contributed by atoms with van der Waals surface area (Å²) in [6.45, 7) is 9.60. The summed E-state index contributed by atoms with van der Waals surface area (Å²) in [7, 11) is 0. The molecule has 1 aromatic rings. The molecule has 2 rings (SSSR count). The molecule has 17 heavy (non-hydrogen) atoms. The molecule has 96 valence electrons. The highest BCUT2D eigenvalue weighted by Gasteiger charge is 2.32. The zero-order chi connectivity index (χ0) is 12.5. The second-order valence-electron chi connectivity index (χ2n) is 5.22. The van der Waals surface area contributed by atoms with Gasteiger partial charge in [0.25, 0.3) is 0 Å². The minimum atomic E-state index is 0.0426. The van der Waals surface area contributed by atoms with Crippen molar-refractivity contribution >= 4 is 11.3 Å². The predicted octanol–water partition coefficient (Wildman–Crippen LogP) is 1.40. The summed E-state index contributed by atoms with van der Waals surface area (Å²) < 4.78 is 0. The Morgan fingerprint density at radius 3 is 3.00 bits per heavy atom. The third kappa shape index (κ3) is 2.97. The van der Waals surface area contributed by atoms with E-state index >= 15 is 0 Å². The largest absolute Gasteiger partial charge is 0.315 e. The van der Waals surface area contributed by atoms with E-state index in [4.69, 9.17) is 0 Å². The average molecular weight is 255 g/mol. The molecule has 2 heterocycles. The average Bonchev–Trinajstić information content (AvgIpc) is 2.70. The Labute approximate surface area is 106 Å². The molecule has 5 heteroatoms. The number of H-pyrrole nitrogens is 1. The van der Waals surface area contributed by atoms with Crippen LogP contribution in [0.25, 0.3) is 0 Å². The van der Waals surface area contributed by atoms with Crippen LogP contribution in [-0.2, 0) is 6.54 Å². The number of nitrogens with one attached hydrogen (secondary N) is 2. The van der Waals surface area contributed by atoms with Gasteiger partial charge in [0.2, 0.25) is 0 Å². The number of aromatic nitrogens is 1. The van der Waals surface area contributed by atoms with Crippen molar-refractivity contribution in [3.05, 3.63) is 20.7 Å². The molecule has 0 aromatic carbocycles. The Morgan fingerprint density at radius 2 is 2.41 bits per heavy atom. The van der Waals surface area contributed by atoms with E-state index in [9.17, 15) is 4.79 Å². The lowest BCUT2D eigenvalue weighted by atomic mass is 9.94. The van der Waals surface area contributed by atoms with Gasteiger partial charge >= 0.3 is 4.87 Å². The first-order chi connectivity index (χ1) is 8.02. The van der Waals surface area contributed by atoms with Gasteiger partial charge in [-0.05, 0) is 20.3 Å². The van der Waals surface area contributed by atoms with Gasteiger partial charge < -0.3 is 10.3 Å². The maximum atomic E-state index is 11.1. The molecular weight excluding hydrogens is 234 g/mol. The fraction of sp³-hybridized carbons (Fsp3) is 0.750. The third-order valence-corrected chi connectivity index (χ3v) is 4.44. The van der Waals surface area contributed by atoms with Crippen molar-refractivity contribution in [1.29, 1.82) is 0 Å². The van der Waals surface area contributed by atoms with Crippen LogP contribution in [0.5, 0.6) is 0 Å². The molecule has 1 fully saturated rings. The second kappa shape index (κ2) is 4.92. The second-order valence-corrected chi connectivity index (χ2v) is 6.06. The normalized spacial score (nSPS) is 30.6. The lowest BCUT2D eigenvalue weighted by Gasteiger charge is -2.44. The maximum Gasteiger partial charge on any atom is 0.304 e. The van der Waals surface area contributed by atoms with Crippen molar-refractivity contribution in [2.75, 3.05) is 13.1 Å². The van der Waals surface area contributed by atoms with Gasteiger partial charge in [-0.3, -0.25) is 9.69 Å². The Balaban J connectivity index is 2.05. The fourth-order valence-corrected chi connectivity index (χ4v) is 2.81. The molecule has 1 aliphatic heterocycles. The molecule has 0 amide bonds. The molecule has 0 spiro atoms. The summed E-state index contributed by atoms with van der Waals surface area (Å²) in [5.41, 5.74) is 1.23. The highest BCUT2D eigenvalue weighted by Crippen LogP contribution is 2.20. The van der Waals surface area contributed by atoms with Crippen LogP contribution < -0.4 is 10.2 Å². The topological polar surface area (TPSA) is 48.1 Å². The van der Waals surface area contributed by atoms with Crippen LogP contribution >= 0.6 is 11.3 Å². The number of thiazole rings is 1.